The molecule has 2 rings (SSSR count). The Morgan fingerprint density at radius 1 is 1.22 bits per heavy atom. The van der Waals surface area contributed by atoms with Crippen molar-refractivity contribution >= 4 is 35.1 Å². The summed E-state index contributed by atoms with van der Waals surface area (Å²) in [5.41, 5.74) is 0.487. The predicted molar refractivity (Wildman–Crippen MR) is 113 cm³/mol. The smallest absolute Gasteiger partial charge is 0.251 e. The number of nitrogens with zero attached hydrogens (tertiary/aromatic N) is 2. The van der Waals surface area contributed by atoms with Gasteiger partial charge in [0.1, 0.15) is 0 Å². The van der Waals surface area contributed by atoms with Gasteiger partial charge in [-0.25, -0.2) is 0 Å². The molecule has 150 valence electrons. The molecule has 2 unspecified atom stereocenters. The van der Waals surface area contributed by atoms with Crippen LogP contribution in [-0.4, -0.2) is 62.1 Å². The molecule has 1 aliphatic heterocycles. The largest absolute Gasteiger partial charge is 0.355 e. The Hall–Kier alpha value is -1.50. The van der Waals surface area contributed by atoms with Gasteiger partial charge < -0.3 is 16.0 Å². The second kappa shape index (κ2) is 10.2. The highest BCUT2D eigenvalue weighted by molar-refractivity contribution is 6.42. The van der Waals surface area contributed by atoms with Gasteiger partial charge in [0, 0.05) is 50.9 Å². The highest BCUT2D eigenvalue weighted by Crippen LogP contribution is 2.22. The van der Waals surface area contributed by atoms with Crippen LogP contribution in [0.3, 0.4) is 0 Å². The molecule has 1 amide bonds. The molecular weight excluding hydrogens is 385 g/mol. The number of hydrogen-bond donors (Lipinski definition) is 3. The van der Waals surface area contributed by atoms with Gasteiger partial charge in [-0.3, -0.25) is 14.7 Å². The van der Waals surface area contributed by atoms with E-state index in [-0.39, 0.29) is 5.91 Å². The summed E-state index contributed by atoms with van der Waals surface area (Å²) in [4.78, 5) is 18.9. The highest BCUT2D eigenvalue weighted by Gasteiger charge is 2.31. The first kappa shape index (κ1) is 21.8. The third-order valence-corrected chi connectivity index (χ3v) is 5.54. The molecule has 1 fully saturated rings. The van der Waals surface area contributed by atoms with Crippen LogP contribution in [0, 0.1) is 5.92 Å². The van der Waals surface area contributed by atoms with Crippen molar-refractivity contribution in [2.24, 2.45) is 10.9 Å². The third-order valence-electron chi connectivity index (χ3n) is 4.80. The molecular formula is C19H29Cl2N5O. The van der Waals surface area contributed by atoms with Gasteiger partial charge in [-0.05, 0) is 38.0 Å². The Balaban J connectivity index is 1.75. The van der Waals surface area contributed by atoms with Crippen LogP contribution in [0.5, 0.6) is 0 Å². The minimum atomic E-state index is -0.185. The zero-order valence-corrected chi connectivity index (χ0v) is 17.9. The molecule has 6 nitrogen and oxygen atoms in total. The Morgan fingerprint density at radius 2 is 1.93 bits per heavy atom. The molecule has 2 atom stereocenters. The third kappa shape index (κ3) is 6.26. The van der Waals surface area contributed by atoms with Gasteiger partial charge in [-0.15, -0.1) is 0 Å². The maximum absolute atomic E-state index is 12.2. The van der Waals surface area contributed by atoms with Crippen LogP contribution in [-0.2, 0) is 0 Å². The lowest BCUT2D eigenvalue weighted by Gasteiger charge is -2.22. The molecule has 0 spiro atoms. The molecule has 0 aromatic heterocycles. The average Bonchev–Trinajstić information content (AvgIpc) is 3.00. The zero-order chi connectivity index (χ0) is 20.0. The monoisotopic (exact) mass is 413 g/mol. The van der Waals surface area contributed by atoms with Crippen LogP contribution >= 0.6 is 23.2 Å². The summed E-state index contributed by atoms with van der Waals surface area (Å²) in [6.07, 6.45) is 0. The number of carbonyl (C=O) groups is 1. The summed E-state index contributed by atoms with van der Waals surface area (Å²) >= 11 is 11.8. The molecule has 0 aliphatic carbocycles. The highest BCUT2D eigenvalue weighted by atomic mass is 35.5. The van der Waals surface area contributed by atoms with E-state index in [0.29, 0.717) is 46.7 Å². The summed E-state index contributed by atoms with van der Waals surface area (Å²) in [6.45, 7) is 9.84. The minimum absolute atomic E-state index is 0.185. The molecule has 0 radical (unpaired) electrons. The quantitative estimate of drug-likeness (QED) is 0.380. The van der Waals surface area contributed by atoms with Gasteiger partial charge in [0.2, 0.25) is 0 Å². The molecule has 1 aromatic carbocycles. The van der Waals surface area contributed by atoms with Crippen molar-refractivity contribution in [2.75, 3.05) is 33.2 Å². The van der Waals surface area contributed by atoms with E-state index < -0.39 is 0 Å². The molecule has 1 aliphatic rings. The van der Waals surface area contributed by atoms with Crippen LogP contribution in [0.4, 0.5) is 0 Å². The molecule has 8 heteroatoms. The number of nitrogens with one attached hydrogen (secondary N) is 3. The number of amides is 1. The topological polar surface area (TPSA) is 68.8 Å². The van der Waals surface area contributed by atoms with Crippen molar-refractivity contribution in [3.05, 3.63) is 33.8 Å². The van der Waals surface area contributed by atoms with Gasteiger partial charge in [0.05, 0.1) is 10.0 Å². The Labute approximate surface area is 171 Å². The Kier molecular flexibility index (Phi) is 8.20. The molecule has 27 heavy (non-hydrogen) atoms. The van der Waals surface area contributed by atoms with E-state index in [1.807, 2.05) is 0 Å². The van der Waals surface area contributed by atoms with Gasteiger partial charge in [-0.1, -0.05) is 30.1 Å². The molecule has 1 aromatic rings. The Bertz CT molecular complexity index is 680. The maximum Gasteiger partial charge on any atom is 0.251 e. The summed E-state index contributed by atoms with van der Waals surface area (Å²) < 4.78 is 0. The van der Waals surface area contributed by atoms with Gasteiger partial charge in [-0.2, -0.15) is 0 Å². The second-order valence-corrected chi connectivity index (χ2v) is 7.97. The first-order valence-electron chi connectivity index (χ1n) is 9.26. The van der Waals surface area contributed by atoms with E-state index in [1.54, 1.807) is 25.2 Å². The number of rotatable bonds is 6. The van der Waals surface area contributed by atoms with Crippen molar-refractivity contribution in [3.63, 3.8) is 0 Å². The molecule has 1 heterocycles. The van der Waals surface area contributed by atoms with E-state index in [2.05, 4.69) is 46.6 Å². The Morgan fingerprint density at radius 3 is 2.52 bits per heavy atom. The zero-order valence-electron chi connectivity index (χ0n) is 16.4. The fourth-order valence-electron chi connectivity index (χ4n) is 3.08. The van der Waals surface area contributed by atoms with E-state index in [9.17, 15) is 4.79 Å². The molecule has 0 bridgehead atoms. The van der Waals surface area contributed by atoms with Gasteiger partial charge in [0.15, 0.2) is 5.96 Å². The summed E-state index contributed by atoms with van der Waals surface area (Å²) in [7, 11) is 1.75. The lowest BCUT2D eigenvalue weighted by Crippen LogP contribution is -2.48. The fraction of sp³-hybridized carbons (Fsp3) is 0.579. The number of likely N-dealkylation sites (tertiary alicyclic amines) is 1. The summed E-state index contributed by atoms with van der Waals surface area (Å²) in [5.74, 6) is 1.12. The fourth-order valence-corrected chi connectivity index (χ4v) is 3.38. The molecule has 1 saturated heterocycles. The first-order chi connectivity index (χ1) is 12.8. The van der Waals surface area contributed by atoms with E-state index in [1.165, 1.54) is 0 Å². The van der Waals surface area contributed by atoms with Gasteiger partial charge >= 0.3 is 0 Å². The number of hydrogen-bond acceptors (Lipinski definition) is 3. The standard InChI is InChI=1S/C19H29Cl2N5O/c1-12(2)26-10-13(3)17(11-26)25-19(22-4)24-8-7-23-18(27)14-5-6-15(20)16(21)9-14/h5-6,9,12-13,17H,7-8,10-11H2,1-4H3,(H,23,27)(H2,22,24,25). The lowest BCUT2D eigenvalue weighted by atomic mass is 10.1. The summed E-state index contributed by atoms with van der Waals surface area (Å²) in [5, 5.41) is 10.4. The number of halogens is 2. The van der Waals surface area contributed by atoms with Crippen LogP contribution < -0.4 is 16.0 Å². The molecule has 0 saturated carbocycles. The SMILES string of the molecule is CN=C(NCCNC(=O)c1ccc(Cl)c(Cl)c1)NC1CN(C(C)C)CC1C. The van der Waals surface area contributed by atoms with E-state index in [0.717, 1.165) is 19.0 Å². The van der Waals surface area contributed by atoms with E-state index in [4.69, 9.17) is 23.2 Å². The van der Waals surface area contributed by atoms with Crippen molar-refractivity contribution in [3.8, 4) is 0 Å². The lowest BCUT2D eigenvalue weighted by molar-refractivity contribution is 0.0954. The van der Waals surface area contributed by atoms with Crippen LogP contribution in [0.15, 0.2) is 23.2 Å². The minimum Gasteiger partial charge on any atom is -0.355 e. The number of guanidine groups is 1. The van der Waals surface area contributed by atoms with Crippen LogP contribution in [0.2, 0.25) is 10.0 Å². The van der Waals surface area contributed by atoms with Crippen molar-refractivity contribution in [1.82, 2.24) is 20.9 Å². The van der Waals surface area contributed by atoms with Crippen LogP contribution in [0.1, 0.15) is 31.1 Å². The first-order valence-corrected chi connectivity index (χ1v) is 10.0. The van der Waals surface area contributed by atoms with Crippen molar-refractivity contribution in [2.45, 2.75) is 32.9 Å². The van der Waals surface area contributed by atoms with Crippen LogP contribution in [0.25, 0.3) is 0 Å². The van der Waals surface area contributed by atoms with E-state index >= 15 is 0 Å². The number of carbonyl (C=O) groups excluding carboxylic acids is 1. The normalized spacial score (nSPS) is 20.8. The van der Waals surface area contributed by atoms with Gasteiger partial charge in [0.25, 0.3) is 5.91 Å². The predicted octanol–water partition coefficient (Wildman–Crippen LogP) is 2.62. The van der Waals surface area contributed by atoms with Crippen molar-refractivity contribution in [1.29, 1.82) is 0 Å². The maximum atomic E-state index is 12.2. The van der Waals surface area contributed by atoms with Crippen molar-refractivity contribution < 1.29 is 4.79 Å². The average molecular weight is 414 g/mol. The molecule has 3 N–H and O–H groups in total. The summed E-state index contributed by atoms with van der Waals surface area (Å²) in [6, 6.07) is 5.75. The second-order valence-electron chi connectivity index (χ2n) is 7.16. The number of aliphatic imine (C=N–C) groups is 1. The number of benzene rings is 1.